The van der Waals surface area contributed by atoms with Crippen molar-refractivity contribution in [2.75, 3.05) is 12.4 Å². The molecule has 7 heteroatoms. The third-order valence-electron chi connectivity index (χ3n) is 2.24. The molecule has 2 aromatic rings. The number of rotatable bonds is 4. The maximum absolute atomic E-state index is 11.4. The van der Waals surface area contributed by atoms with E-state index in [0.29, 0.717) is 17.4 Å². The van der Waals surface area contributed by atoms with Crippen molar-refractivity contribution < 1.29 is 9.53 Å². The Bertz CT molecular complexity index is 541. The van der Waals surface area contributed by atoms with Crippen molar-refractivity contribution in [3.8, 4) is 0 Å². The van der Waals surface area contributed by atoms with Crippen molar-refractivity contribution in [1.82, 2.24) is 15.0 Å². The van der Waals surface area contributed by atoms with E-state index in [4.69, 9.17) is 0 Å². The van der Waals surface area contributed by atoms with E-state index in [9.17, 15) is 4.79 Å². The standard InChI is InChI=1S/C11H12N4O2S/c1-7-9(10(16)17-2)15-11(18-7)13-5-8-3-4-12-6-14-8/h3-4,6H,5H2,1-2H3,(H,13,15). The summed E-state index contributed by atoms with van der Waals surface area (Å²) in [6.07, 6.45) is 3.17. The minimum atomic E-state index is -0.418. The van der Waals surface area contributed by atoms with Gasteiger partial charge in [-0.25, -0.2) is 19.7 Å². The van der Waals surface area contributed by atoms with E-state index in [1.807, 2.05) is 13.0 Å². The summed E-state index contributed by atoms with van der Waals surface area (Å²) in [5, 5.41) is 3.78. The number of anilines is 1. The number of ether oxygens (including phenoxy) is 1. The molecule has 2 heterocycles. The fourth-order valence-electron chi connectivity index (χ4n) is 1.35. The summed E-state index contributed by atoms with van der Waals surface area (Å²) in [6.45, 7) is 2.37. The first-order valence-corrected chi connectivity index (χ1v) is 6.07. The lowest BCUT2D eigenvalue weighted by Crippen LogP contribution is -2.05. The maximum atomic E-state index is 11.4. The molecule has 0 aliphatic heterocycles. The molecular formula is C11H12N4O2S. The number of esters is 1. The van der Waals surface area contributed by atoms with Crippen LogP contribution in [0.5, 0.6) is 0 Å². The molecule has 0 fully saturated rings. The van der Waals surface area contributed by atoms with Crippen LogP contribution < -0.4 is 5.32 Å². The second-order valence-corrected chi connectivity index (χ2v) is 4.67. The van der Waals surface area contributed by atoms with Gasteiger partial charge in [0, 0.05) is 11.1 Å². The molecule has 0 saturated heterocycles. The summed E-state index contributed by atoms with van der Waals surface area (Å²) in [5.41, 5.74) is 1.21. The Balaban J connectivity index is 2.05. The zero-order valence-electron chi connectivity index (χ0n) is 10.0. The molecule has 0 bridgehead atoms. The van der Waals surface area contributed by atoms with Crippen LogP contribution in [0.25, 0.3) is 0 Å². The molecule has 94 valence electrons. The van der Waals surface area contributed by atoms with E-state index in [1.165, 1.54) is 24.8 Å². The Morgan fingerprint density at radius 3 is 3.06 bits per heavy atom. The van der Waals surface area contributed by atoms with E-state index >= 15 is 0 Å². The normalized spacial score (nSPS) is 10.1. The van der Waals surface area contributed by atoms with Gasteiger partial charge in [0.15, 0.2) is 10.8 Å². The summed E-state index contributed by atoms with van der Waals surface area (Å²) in [7, 11) is 1.34. The molecule has 18 heavy (non-hydrogen) atoms. The first kappa shape index (κ1) is 12.4. The van der Waals surface area contributed by atoms with Gasteiger partial charge in [-0.05, 0) is 13.0 Å². The average Bonchev–Trinajstić information content (AvgIpc) is 2.78. The number of aryl methyl sites for hydroxylation is 1. The van der Waals surface area contributed by atoms with Gasteiger partial charge in [0.05, 0.1) is 19.3 Å². The van der Waals surface area contributed by atoms with Crippen molar-refractivity contribution in [1.29, 1.82) is 0 Å². The highest BCUT2D eigenvalue weighted by atomic mass is 32.1. The van der Waals surface area contributed by atoms with E-state index in [1.54, 1.807) is 6.20 Å². The van der Waals surface area contributed by atoms with Gasteiger partial charge in [0.25, 0.3) is 0 Å². The number of thiazole rings is 1. The van der Waals surface area contributed by atoms with Crippen molar-refractivity contribution >= 4 is 22.4 Å². The Morgan fingerprint density at radius 2 is 2.39 bits per heavy atom. The monoisotopic (exact) mass is 264 g/mol. The van der Waals surface area contributed by atoms with E-state index in [2.05, 4.69) is 25.0 Å². The van der Waals surface area contributed by atoms with Gasteiger partial charge in [0.1, 0.15) is 6.33 Å². The summed E-state index contributed by atoms with van der Waals surface area (Å²) >= 11 is 1.41. The van der Waals surface area contributed by atoms with Crippen molar-refractivity contribution in [2.45, 2.75) is 13.5 Å². The molecule has 0 aliphatic rings. The molecule has 6 nitrogen and oxygen atoms in total. The topological polar surface area (TPSA) is 77.0 Å². The highest BCUT2D eigenvalue weighted by Crippen LogP contribution is 2.22. The van der Waals surface area contributed by atoms with Crippen LogP contribution in [0.2, 0.25) is 0 Å². The lowest BCUT2D eigenvalue weighted by Gasteiger charge is -2.00. The highest BCUT2D eigenvalue weighted by molar-refractivity contribution is 7.15. The zero-order valence-corrected chi connectivity index (χ0v) is 10.8. The molecule has 0 spiro atoms. The predicted molar refractivity (Wildman–Crippen MR) is 67.5 cm³/mol. The van der Waals surface area contributed by atoms with Crippen molar-refractivity contribution in [3.05, 3.63) is 34.9 Å². The molecule has 0 unspecified atom stereocenters. The van der Waals surface area contributed by atoms with Gasteiger partial charge in [-0.15, -0.1) is 11.3 Å². The van der Waals surface area contributed by atoms with Gasteiger partial charge in [-0.2, -0.15) is 0 Å². The molecule has 2 rings (SSSR count). The molecular weight excluding hydrogens is 252 g/mol. The lowest BCUT2D eigenvalue weighted by atomic mass is 10.4. The molecule has 0 aromatic carbocycles. The maximum Gasteiger partial charge on any atom is 0.357 e. The first-order chi connectivity index (χ1) is 8.70. The Kier molecular flexibility index (Phi) is 3.83. The van der Waals surface area contributed by atoms with Crippen LogP contribution >= 0.6 is 11.3 Å². The van der Waals surface area contributed by atoms with Crippen LogP contribution in [0.4, 0.5) is 5.13 Å². The average molecular weight is 264 g/mol. The summed E-state index contributed by atoms with van der Waals surface area (Å²) in [6, 6.07) is 1.81. The largest absolute Gasteiger partial charge is 0.464 e. The van der Waals surface area contributed by atoms with E-state index < -0.39 is 5.97 Å². The number of methoxy groups -OCH3 is 1. The lowest BCUT2D eigenvalue weighted by molar-refractivity contribution is 0.0594. The van der Waals surface area contributed by atoms with Gasteiger partial charge in [-0.3, -0.25) is 0 Å². The molecule has 0 amide bonds. The highest BCUT2D eigenvalue weighted by Gasteiger charge is 2.15. The second-order valence-electron chi connectivity index (χ2n) is 3.47. The van der Waals surface area contributed by atoms with Gasteiger partial charge >= 0.3 is 5.97 Å². The van der Waals surface area contributed by atoms with E-state index in [-0.39, 0.29) is 0 Å². The third-order valence-corrected chi connectivity index (χ3v) is 3.17. The number of carbonyl (C=O) groups is 1. The summed E-state index contributed by atoms with van der Waals surface area (Å²) in [4.78, 5) is 24.3. The minimum Gasteiger partial charge on any atom is -0.464 e. The molecule has 0 atom stereocenters. The van der Waals surface area contributed by atoms with Crippen LogP contribution in [0.3, 0.4) is 0 Å². The minimum absolute atomic E-state index is 0.354. The van der Waals surface area contributed by atoms with Crippen LogP contribution in [-0.4, -0.2) is 28.0 Å². The predicted octanol–water partition coefficient (Wildman–Crippen LogP) is 1.64. The SMILES string of the molecule is COC(=O)c1nc(NCc2ccncn2)sc1C. The number of nitrogens with one attached hydrogen (secondary N) is 1. The fourth-order valence-corrected chi connectivity index (χ4v) is 2.14. The van der Waals surface area contributed by atoms with Gasteiger partial charge in [-0.1, -0.05) is 0 Å². The molecule has 0 radical (unpaired) electrons. The smallest absolute Gasteiger partial charge is 0.357 e. The number of hydrogen-bond acceptors (Lipinski definition) is 7. The first-order valence-electron chi connectivity index (χ1n) is 5.25. The Labute approximate surface area is 108 Å². The van der Waals surface area contributed by atoms with Crippen molar-refractivity contribution in [2.24, 2.45) is 0 Å². The quantitative estimate of drug-likeness (QED) is 0.846. The van der Waals surface area contributed by atoms with Crippen molar-refractivity contribution in [3.63, 3.8) is 0 Å². The van der Waals surface area contributed by atoms with Crippen LogP contribution in [0.1, 0.15) is 21.1 Å². The number of carbonyl (C=O) groups excluding carboxylic acids is 1. The summed E-state index contributed by atoms with van der Waals surface area (Å²) in [5.74, 6) is -0.418. The molecule has 0 aliphatic carbocycles. The second kappa shape index (κ2) is 5.54. The number of hydrogen-bond donors (Lipinski definition) is 1. The van der Waals surface area contributed by atoms with E-state index in [0.717, 1.165) is 10.6 Å². The fraction of sp³-hybridized carbons (Fsp3) is 0.273. The van der Waals surface area contributed by atoms with Crippen LogP contribution in [0, 0.1) is 6.92 Å². The Hall–Kier alpha value is -2.02. The van der Waals surface area contributed by atoms with Crippen LogP contribution in [-0.2, 0) is 11.3 Å². The zero-order chi connectivity index (χ0) is 13.0. The number of aromatic nitrogens is 3. The number of nitrogens with zero attached hydrogens (tertiary/aromatic N) is 3. The molecule has 0 saturated carbocycles. The summed E-state index contributed by atoms with van der Waals surface area (Å²) < 4.78 is 4.65. The van der Waals surface area contributed by atoms with Gasteiger partial charge in [0.2, 0.25) is 0 Å². The Morgan fingerprint density at radius 1 is 1.56 bits per heavy atom. The van der Waals surface area contributed by atoms with Crippen LogP contribution in [0.15, 0.2) is 18.6 Å². The molecule has 2 aromatic heterocycles. The molecule has 1 N–H and O–H groups in total. The third kappa shape index (κ3) is 2.80. The van der Waals surface area contributed by atoms with Gasteiger partial charge < -0.3 is 10.1 Å².